The van der Waals surface area contributed by atoms with Gasteiger partial charge in [-0.1, -0.05) is 11.6 Å². The lowest BCUT2D eigenvalue weighted by Gasteiger charge is -2.13. The first kappa shape index (κ1) is 20.5. The number of pyridine rings is 1. The summed E-state index contributed by atoms with van der Waals surface area (Å²) in [4.78, 5) is 47.0. The molecule has 0 aliphatic carbocycles. The number of benzene rings is 1. The number of carbonyl (C=O) groups excluding carboxylic acids is 3. The molecule has 0 spiro atoms. The van der Waals surface area contributed by atoms with Gasteiger partial charge in [0.1, 0.15) is 11.6 Å². The molecule has 8 heteroatoms. The molecule has 3 aromatic rings. The average Bonchev–Trinajstić information content (AvgIpc) is 3.29. The van der Waals surface area contributed by atoms with E-state index >= 15 is 0 Å². The van der Waals surface area contributed by atoms with Crippen LogP contribution >= 0.6 is 0 Å². The SMILES string of the molecule is Cc1ccc2c(c1)C(=O)N(CCCC(=O)NCc1ccnc(-n3ccnc3C)c1)C2=O. The molecule has 3 amide bonds. The van der Waals surface area contributed by atoms with E-state index in [1.54, 1.807) is 24.5 Å². The fourth-order valence-electron chi connectivity index (χ4n) is 3.62. The Morgan fingerprint density at radius 1 is 1.00 bits per heavy atom. The molecule has 1 aliphatic heterocycles. The first-order valence-electron chi connectivity index (χ1n) is 10.1. The van der Waals surface area contributed by atoms with E-state index in [0.29, 0.717) is 24.1 Å². The summed E-state index contributed by atoms with van der Waals surface area (Å²) in [6.07, 6.45) is 5.87. The molecule has 0 saturated heterocycles. The molecule has 0 unspecified atom stereocenters. The number of imidazole rings is 1. The van der Waals surface area contributed by atoms with E-state index in [9.17, 15) is 14.4 Å². The molecule has 31 heavy (non-hydrogen) atoms. The summed E-state index contributed by atoms with van der Waals surface area (Å²) in [6.45, 7) is 4.37. The zero-order chi connectivity index (χ0) is 22.0. The van der Waals surface area contributed by atoms with Crippen molar-refractivity contribution in [2.24, 2.45) is 0 Å². The number of amides is 3. The van der Waals surface area contributed by atoms with Crippen LogP contribution in [0, 0.1) is 13.8 Å². The van der Waals surface area contributed by atoms with Gasteiger partial charge in [0, 0.05) is 38.1 Å². The maximum Gasteiger partial charge on any atom is 0.261 e. The summed E-state index contributed by atoms with van der Waals surface area (Å²) in [7, 11) is 0. The van der Waals surface area contributed by atoms with E-state index in [4.69, 9.17) is 0 Å². The van der Waals surface area contributed by atoms with E-state index in [1.165, 1.54) is 4.90 Å². The summed E-state index contributed by atoms with van der Waals surface area (Å²) >= 11 is 0. The van der Waals surface area contributed by atoms with Gasteiger partial charge in [0.15, 0.2) is 0 Å². The number of aryl methyl sites for hydroxylation is 2. The highest BCUT2D eigenvalue weighted by Crippen LogP contribution is 2.24. The Bertz CT molecular complexity index is 1170. The van der Waals surface area contributed by atoms with Crippen LogP contribution < -0.4 is 5.32 Å². The third-order valence-corrected chi connectivity index (χ3v) is 5.28. The number of hydrogen-bond donors (Lipinski definition) is 1. The van der Waals surface area contributed by atoms with Crippen LogP contribution in [0.2, 0.25) is 0 Å². The van der Waals surface area contributed by atoms with Gasteiger partial charge in [-0.05, 0) is 50.1 Å². The lowest BCUT2D eigenvalue weighted by atomic mass is 10.1. The van der Waals surface area contributed by atoms with Crippen molar-refractivity contribution in [3.8, 4) is 5.82 Å². The van der Waals surface area contributed by atoms with E-state index in [-0.39, 0.29) is 30.7 Å². The highest BCUT2D eigenvalue weighted by molar-refractivity contribution is 6.21. The molecule has 0 atom stereocenters. The van der Waals surface area contributed by atoms with Crippen LogP contribution in [0.1, 0.15) is 50.5 Å². The highest BCUT2D eigenvalue weighted by atomic mass is 16.2. The molecule has 0 bridgehead atoms. The zero-order valence-electron chi connectivity index (χ0n) is 17.5. The molecule has 0 saturated carbocycles. The van der Waals surface area contributed by atoms with Crippen LogP contribution in [0.3, 0.4) is 0 Å². The molecule has 0 fully saturated rings. The van der Waals surface area contributed by atoms with Crippen molar-refractivity contribution in [2.75, 3.05) is 6.54 Å². The number of fused-ring (bicyclic) bond motifs is 1. The quantitative estimate of drug-likeness (QED) is 0.596. The molecular weight excluding hydrogens is 394 g/mol. The van der Waals surface area contributed by atoms with Crippen LogP contribution in [0.25, 0.3) is 5.82 Å². The number of aromatic nitrogens is 3. The first-order chi connectivity index (χ1) is 14.9. The zero-order valence-corrected chi connectivity index (χ0v) is 17.5. The van der Waals surface area contributed by atoms with Crippen LogP contribution in [0.5, 0.6) is 0 Å². The number of rotatable bonds is 7. The number of nitrogens with one attached hydrogen (secondary N) is 1. The number of hydrogen-bond acceptors (Lipinski definition) is 5. The van der Waals surface area contributed by atoms with Crippen LogP contribution in [0.15, 0.2) is 48.9 Å². The normalized spacial score (nSPS) is 12.9. The Morgan fingerprint density at radius 2 is 1.81 bits per heavy atom. The van der Waals surface area contributed by atoms with Gasteiger partial charge in [0.05, 0.1) is 11.1 Å². The number of imide groups is 1. The van der Waals surface area contributed by atoms with Crippen molar-refractivity contribution in [3.63, 3.8) is 0 Å². The molecule has 158 valence electrons. The van der Waals surface area contributed by atoms with Crippen molar-refractivity contribution < 1.29 is 14.4 Å². The van der Waals surface area contributed by atoms with Crippen molar-refractivity contribution in [1.82, 2.24) is 24.8 Å². The summed E-state index contributed by atoms with van der Waals surface area (Å²) in [6, 6.07) is 8.98. The van der Waals surface area contributed by atoms with Crippen LogP contribution in [-0.2, 0) is 11.3 Å². The predicted molar refractivity (Wildman–Crippen MR) is 114 cm³/mol. The Balaban J connectivity index is 1.28. The third-order valence-electron chi connectivity index (χ3n) is 5.28. The van der Waals surface area contributed by atoms with Crippen molar-refractivity contribution >= 4 is 17.7 Å². The van der Waals surface area contributed by atoms with Gasteiger partial charge in [-0.25, -0.2) is 9.97 Å². The Hall–Kier alpha value is -3.81. The fourth-order valence-corrected chi connectivity index (χ4v) is 3.62. The average molecular weight is 417 g/mol. The van der Waals surface area contributed by atoms with Gasteiger partial charge in [-0.15, -0.1) is 0 Å². The summed E-state index contributed by atoms with van der Waals surface area (Å²) < 4.78 is 1.87. The molecule has 1 N–H and O–H groups in total. The van der Waals surface area contributed by atoms with E-state index < -0.39 is 0 Å². The topological polar surface area (TPSA) is 97.2 Å². The van der Waals surface area contributed by atoms with Crippen LogP contribution in [0.4, 0.5) is 0 Å². The molecule has 1 aromatic carbocycles. The van der Waals surface area contributed by atoms with Gasteiger partial charge < -0.3 is 5.32 Å². The molecule has 2 aromatic heterocycles. The smallest absolute Gasteiger partial charge is 0.261 e. The van der Waals surface area contributed by atoms with E-state index in [2.05, 4.69) is 15.3 Å². The van der Waals surface area contributed by atoms with E-state index in [0.717, 1.165) is 22.8 Å². The minimum Gasteiger partial charge on any atom is -0.352 e. The standard InChI is InChI=1S/C23H23N5O3/c1-15-5-6-18-19(12-15)23(31)28(22(18)30)10-3-4-21(29)26-14-17-7-8-25-20(13-17)27-11-9-24-16(27)2/h5-9,11-13H,3-4,10,14H2,1-2H3,(H,26,29). The second kappa shape index (κ2) is 8.51. The Kier molecular flexibility index (Phi) is 5.62. The van der Waals surface area contributed by atoms with Gasteiger partial charge in [-0.3, -0.25) is 23.9 Å². The molecule has 3 heterocycles. The summed E-state index contributed by atoms with van der Waals surface area (Å²) in [5.41, 5.74) is 2.73. The molecule has 0 radical (unpaired) electrons. The third kappa shape index (κ3) is 4.23. The maximum atomic E-state index is 12.5. The van der Waals surface area contributed by atoms with Gasteiger partial charge in [-0.2, -0.15) is 0 Å². The molecule has 1 aliphatic rings. The number of nitrogens with zero attached hydrogens (tertiary/aromatic N) is 4. The molecular formula is C23H23N5O3. The highest BCUT2D eigenvalue weighted by Gasteiger charge is 2.34. The monoisotopic (exact) mass is 417 g/mol. The largest absolute Gasteiger partial charge is 0.352 e. The van der Waals surface area contributed by atoms with Crippen molar-refractivity contribution in [1.29, 1.82) is 0 Å². The number of carbonyl (C=O) groups is 3. The Labute approximate surface area is 179 Å². The minimum atomic E-state index is -0.292. The van der Waals surface area contributed by atoms with Gasteiger partial charge in [0.25, 0.3) is 11.8 Å². The van der Waals surface area contributed by atoms with Crippen molar-refractivity contribution in [3.05, 3.63) is 77.0 Å². The summed E-state index contributed by atoms with van der Waals surface area (Å²) in [5.74, 6) is 0.854. The lowest BCUT2D eigenvalue weighted by molar-refractivity contribution is -0.121. The van der Waals surface area contributed by atoms with Crippen LogP contribution in [-0.4, -0.2) is 43.7 Å². The summed E-state index contributed by atoms with van der Waals surface area (Å²) in [5, 5.41) is 2.88. The minimum absolute atomic E-state index is 0.135. The van der Waals surface area contributed by atoms with Gasteiger partial charge >= 0.3 is 0 Å². The predicted octanol–water partition coefficient (Wildman–Crippen LogP) is 2.58. The molecule has 4 rings (SSSR count). The second-order valence-corrected chi connectivity index (χ2v) is 7.56. The Morgan fingerprint density at radius 3 is 2.58 bits per heavy atom. The maximum absolute atomic E-state index is 12.5. The van der Waals surface area contributed by atoms with Crippen molar-refractivity contribution in [2.45, 2.75) is 33.2 Å². The second-order valence-electron chi connectivity index (χ2n) is 7.56. The fraction of sp³-hybridized carbons (Fsp3) is 0.261. The van der Waals surface area contributed by atoms with E-state index in [1.807, 2.05) is 42.8 Å². The first-order valence-corrected chi connectivity index (χ1v) is 10.1. The molecule has 8 nitrogen and oxygen atoms in total. The van der Waals surface area contributed by atoms with Gasteiger partial charge in [0.2, 0.25) is 5.91 Å². The lowest BCUT2D eigenvalue weighted by Crippen LogP contribution is -2.32.